The van der Waals surface area contributed by atoms with Gasteiger partial charge in [0.05, 0.1) is 6.54 Å². The van der Waals surface area contributed by atoms with E-state index in [0.717, 1.165) is 18.7 Å². The summed E-state index contributed by atoms with van der Waals surface area (Å²) in [5.41, 5.74) is 7.49. The molecule has 0 saturated carbocycles. The van der Waals surface area contributed by atoms with Gasteiger partial charge in [0.2, 0.25) is 0 Å². The van der Waals surface area contributed by atoms with Crippen molar-refractivity contribution in [3.05, 3.63) is 40.4 Å². The van der Waals surface area contributed by atoms with Gasteiger partial charge in [-0.2, -0.15) is 10.4 Å². The van der Waals surface area contributed by atoms with Crippen molar-refractivity contribution < 1.29 is 0 Å². The highest BCUT2D eigenvalue weighted by Gasteiger charge is 2.19. The Balaban J connectivity index is 2.39. The lowest BCUT2D eigenvalue weighted by molar-refractivity contribution is 0.686. The number of hydrogen-bond acceptors (Lipinski definition) is 4. The first-order valence-corrected chi connectivity index (χ1v) is 7.24. The molecule has 0 spiro atoms. The average Bonchev–Trinajstić information content (AvgIpc) is 2.77. The van der Waals surface area contributed by atoms with E-state index in [1.54, 1.807) is 4.68 Å². The lowest BCUT2D eigenvalue weighted by Crippen LogP contribution is -2.23. The second-order valence-corrected chi connectivity index (χ2v) is 5.09. The summed E-state index contributed by atoms with van der Waals surface area (Å²) >= 11 is 5.99. The van der Waals surface area contributed by atoms with Gasteiger partial charge in [0.15, 0.2) is 5.82 Å². The summed E-state index contributed by atoms with van der Waals surface area (Å²) in [6, 6.07) is 9.68. The minimum Gasteiger partial charge on any atom is -0.383 e. The van der Waals surface area contributed by atoms with Crippen LogP contribution in [0.1, 0.15) is 25.0 Å². The standard InChI is InChI=1S/C15H18ClN5/c1-3-20(4-2)15-13(9-17)14(18)21(19-15)10-11-6-5-7-12(16)8-11/h5-8H,3-4,10,18H2,1-2H3. The van der Waals surface area contributed by atoms with E-state index in [1.165, 1.54) is 0 Å². The Kier molecular flexibility index (Phi) is 4.71. The summed E-state index contributed by atoms with van der Waals surface area (Å²) in [5, 5.41) is 14.5. The van der Waals surface area contributed by atoms with E-state index in [1.807, 2.05) is 43.0 Å². The van der Waals surface area contributed by atoms with Crippen molar-refractivity contribution >= 4 is 23.2 Å². The molecule has 0 aliphatic carbocycles. The van der Waals surface area contributed by atoms with Crippen molar-refractivity contribution in [1.29, 1.82) is 5.26 Å². The molecule has 5 nitrogen and oxygen atoms in total. The van der Waals surface area contributed by atoms with Crippen LogP contribution in [0.25, 0.3) is 0 Å². The van der Waals surface area contributed by atoms with Crippen molar-refractivity contribution in [2.45, 2.75) is 20.4 Å². The highest BCUT2D eigenvalue weighted by atomic mass is 35.5. The number of nitrogens with zero attached hydrogens (tertiary/aromatic N) is 4. The molecule has 0 radical (unpaired) electrons. The fourth-order valence-electron chi connectivity index (χ4n) is 2.24. The number of anilines is 2. The largest absolute Gasteiger partial charge is 0.383 e. The predicted octanol–water partition coefficient (Wildman–Crippen LogP) is 2.88. The minimum absolute atomic E-state index is 0.388. The first kappa shape index (κ1) is 15.2. The lowest BCUT2D eigenvalue weighted by atomic mass is 10.2. The molecule has 0 atom stereocenters. The maximum Gasteiger partial charge on any atom is 0.170 e. The molecule has 110 valence electrons. The highest BCUT2D eigenvalue weighted by Crippen LogP contribution is 2.25. The SMILES string of the molecule is CCN(CC)c1nn(Cc2cccc(Cl)c2)c(N)c1C#N. The van der Waals surface area contributed by atoms with E-state index < -0.39 is 0 Å². The third-order valence-electron chi connectivity index (χ3n) is 3.37. The van der Waals surface area contributed by atoms with Crippen molar-refractivity contribution in [3.8, 4) is 6.07 Å². The Hall–Kier alpha value is -2.19. The topological polar surface area (TPSA) is 70.9 Å². The van der Waals surface area contributed by atoms with Crippen molar-refractivity contribution in [3.63, 3.8) is 0 Å². The summed E-state index contributed by atoms with van der Waals surface area (Å²) in [5.74, 6) is 1.03. The zero-order valence-electron chi connectivity index (χ0n) is 12.2. The summed E-state index contributed by atoms with van der Waals surface area (Å²) in [4.78, 5) is 2.02. The van der Waals surface area contributed by atoms with Crippen LogP contribution in [0.2, 0.25) is 5.02 Å². The smallest absolute Gasteiger partial charge is 0.170 e. The second-order valence-electron chi connectivity index (χ2n) is 4.66. The van der Waals surface area contributed by atoms with Crippen LogP contribution in [0.3, 0.4) is 0 Å². The van der Waals surface area contributed by atoms with Crippen molar-refractivity contribution in [1.82, 2.24) is 9.78 Å². The van der Waals surface area contributed by atoms with Crippen LogP contribution in [0.5, 0.6) is 0 Å². The molecular formula is C15H18ClN5. The van der Waals surface area contributed by atoms with E-state index in [0.29, 0.717) is 28.8 Å². The summed E-state index contributed by atoms with van der Waals surface area (Å²) in [7, 11) is 0. The summed E-state index contributed by atoms with van der Waals surface area (Å²) in [6.45, 7) is 6.09. The van der Waals surface area contributed by atoms with Gasteiger partial charge in [-0.1, -0.05) is 23.7 Å². The molecule has 0 aliphatic heterocycles. The Bertz CT molecular complexity index is 667. The maximum atomic E-state index is 9.33. The number of nitriles is 1. The lowest BCUT2D eigenvalue weighted by Gasteiger charge is -2.17. The van der Waals surface area contributed by atoms with Crippen LogP contribution in [-0.2, 0) is 6.54 Å². The average molecular weight is 304 g/mol. The fourth-order valence-corrected chi connectivity index (χ4v) is 2.46. The Labute approximate surface area is 129 Å². The normalized spacial score (nSPS) is 10.4. The molecule has 2 rings (SSSR count). The highest BCUT2D eigenvalue weighted by molar-refractivity contribution is 6.30. The van der Waals surface area contributed by atoms with Crippen molar-refractivity contribution in [2.24, 2.45) is 0 Å². The quantitative estimate of drug-likeness (QED) is 0.922. The zero-order chi connectivity index (χ0) is 15.4. The van der Waals surface area contributed by atoms with Gasteiger partial charge in [0.25, 0.3) is 0 Å². The summed E-state index contributed by atoms with van der Waals surface area (Å²) < 4.78 is 1.65. The zero-order valence-corrected chi connectivity index (χ0v) is 12.9. The van der Waals surface area contributed by atoms with Gasteiger partial charge in [-0.3, -0.25) is 0 Å². The number of nitrogens with two attached hydrogens (primary N) is 1. The second kappa shape index (κ2) is 6.51. The number of halogens is 1. The van der Waals surface area contributed by atoms with E-state index in [2.05, 4.69) is 11.2 Å². The van der Waals surface area contributed by atoms with Gasteiger partial charge in [0.1, 0.15) is 17.5 Å². The number of benzene rings is 1. The molecule has 2 aromatic rings. The maximum absolute atomic E-state index is 9.33. The van der Waals surface area contributed by atoms with E-state index in [9.17, 15) is 5.26 Å². The monoisotopic (exact) mass is 303 g/mol. The van der Waals surface area contributed by atoms with E-state index >= 15 is 0 Å². The molecule has 0 aliphatic rings. The third-order valence-corrected chi connectivity index (χ3v) is 3.60. The number of rotatable bonds is 5. The van der Waals surface area contributed by atoms with Crippen LogP contribution >= 0.6 is 11.6 Å². The van der Waals surface area contributed by atoms with Crippen LogP contribution in [0, 0.1) is 11.3 Å². The van der Waals surface area contributed by atoms with Gasteiger partial charge in [0, 0.05) is 18.1 Å². The summed E-state index contributed by atoms with van der Waals surface area (Å²) in [6.07, 6.45) is 0. The number of aromatic nitrogens is 2. The van der Waals surface area contributed by atoms with Crippen LogP contribution < -0.4 is 10.6 Å². The molecule has 0 unspecified atom stereocenters. The van der Waals surface area contributed by atoms with Gasteiger partial charge >= 0.3 is 0 Å². The third kappa shape index (κ3) is 3.11. The van der Waals surface area contributed by atoms with Gasteiger partial charge in [-0.15, -0.1) is 0 Å². The molecule has 0 amide bonds. The van der Waals surface area contributed by atoms with Crippen molar-refractivity contribution in [2.75, 3.05) is 23.7 Å². The first-order valence-electron chi connectivity index (χ1n) is 6.86. The molecule has 0 bridgehead atoms. The van der Waals surface area contributed by atoms with E-state index in [-0.39, 0.29) is 0 Å². The number of hydrogen-bond donors (Lipinski definition) is 1. The molecule has 1 aromatic carbocycles. The fraction of sp³-hybridized carbons (Fsp3) is 0.333. The Morgan fingerprint density at radius 2 is 2.10 bits per heavy atom. The van der Waals surface area contributed by atoms with Crippen LogP contribution in [0.4, 0.5) is 11.6 Å². The molecule has 21 heavy (non-hydrogen) atoms. The minimum atomic E-state index is 0.388. The van der Waals surface area contributed by atoms with Gasteiger partial charge < -0.3 is 10.6 Å². The predicted molar refractivity (Wildman–Crippen MR) is 85.5 cm³/mol. The molecule has 1 heterocycles. The van der Waals surface area contributed by atoms with Crippen LogP contribution in [-0.4, -0.2) is 22.9 Å². The first-order chi connectivity index (χ1) is 10.1. The number of nitrogen functional groups attached to an aromatic ring is 1. The molecule has 0 saturated heterocycles. The Morgan fingerprint density at radius 1 is 1.38 bits per heavy atom. The molecule has 2 N–H and O–H groups in total. The Morgan fingerprint density at radius 3 is 2.67 bits per heavy atom. The molecule has 1 aromatic heterocycles. The molecular weight excluding hydrogens is 286 g/mol. The van der Waals surface area contributed by atoms with Gasteiger partial charge in [-0.05, 0) is 31.5 Å². The molecule has 6 heteroatoms. The molecule has 0 fully saturated rings. The van der Waals surface area contributed by atoms with Crippen LogP contribution in [0.15, 0.2) is 24.3 Å². The van der Waals surface area contributed by atoms with E-state index in [4.69, 9.17) is 17.3 Å². The van der Waals surface area contributed by atoms with Gasteiger partial charge in [-0.25, -0.2) is 4.68 Å².